The molecule has 0 aliphatic carbocycles. The molecule has 0 unspecified atom stereocenters. The van der Waals surface area contributed by atoms with Gasteiger partial charge in [-0.05, 0) is 57.0 Å². The Hall–Kier alpha value is -0.650. The predicted octanol–water partition coefficient (Wildman–Crippen LogP) is 3.24. The number of anilines is 1. The highest BCUT2D eigenvalue weighted by Crippen LogP contribution is 2.32. The molecule has 2 aliphatic rings. The third kappa shape index (κ3) is 4.68. The fourth-order valence-electron chi connectivity index (χ4n) is 3.76. The number of halogens is 3. The molecule has 1 aromatic rings. The van der Waals surface area contributed by atoms with Crippen LogP contribution in [0.4, 0.5) is 10.2 Å². The monoisotopic (exact) mass is 364 g/mol. The van der Waals surface area contributed by atoms with Gasteiger partial charge < -0.3 is 10.2 Å². The summed E-state index contributed by atoms with van der Waals surface area (Å²) in [6.07, 6.45) is 7.03. The normalized spacial score (nSPS) is 19.8. The molecule has 0 amide bonds. The first kappa shape index (κ1) is 20.4. The van der Waals surface area contributed by atoms with Crippen molar-refractivity contribution in [3.8, 4) is 0 Å². The van der Waals surface area contributed by atoms with Crippen molar-refractivity contribution >= 4 is 30.6 Å². The van der Waals surface area contributed by atoms with Crippen LogP contribution in [0.3, 0.4) is 0 Å². The van der Waals surface area contributed by atoms with E-state index >= 15 is 0 Å². The van der Waals surface area contributed by atoms with E-state index in [1.165, 1.54) is 19.2 Å². The molecule has 0 spiro atoms. The molecule has 1 N–H and O–H groups in total. The maximum absolute atomic E-state index is 14.3. The van der Waals surface area contributed by atoms with E-state index in [0.29, 0.717) is 17.9 Å². The predicted molar refractivity (Wildman–Crippen MR) is 96.4 cm³/mol. The third-order valence-corrected chi connectivity index (χ3v) is 5.07. The second kappa shape index (κ2) is 9.60. The summed E-state index contributed by atoms with van der Waals surface area (Å²) in [6, 6.07) is 0. The third-order valence-electron chi connectivity index (χ3n) is 5.07. The van der Waals surface area contributed by atoms with Crippen LogP contribution in [0.15, 0.2) is 6.33 Å². The van der Waals surface area contributed by atoms with E-state index in [2.05, 4.69) is 20.2 Å². The van der Waals surface area contributed by atoms with Crippen LogP contribution >= 0.6 is 24.8 Å². The van der Waals surface area contributed by atoms with Gasteiger partial charge in [-0.15, -0.1) is 24.8 Å². The summed E-state index contributed by atoms with van der Waals surface area (Å²) < 4.78 is 14.3. The van der Waals surface area contributed by atoms with Crippen molar-refractivity contribution in [2.75, 3.05) is 31.1 Å². The number of rotatable bonds is 3. The van der Waals surface area contributed by atoms with Gasteiger partial charge in [0.1, 0.15) is 6.33 Å². The van der Waals surface area contributed by atoms with Crippen molar-refractivity contribution < 1.29 is 4.39 Å². The van der Waals surface area contributed by atoms with Gasteiger partial charge in [0.15, 0.2) is 11.6 Å². The summed E-state index contributed by atoms with van der Waals surface area (Å²) in [6.45, 7) is 6.09. The number of hydrogen-bond donors (Lipinski definition) is 1. The van der Waals surface area contributed by atoms with Gasteiger partial charge in [-0.2, -0.15) is 0 Å². The number of nitrogens with zero attached hydrogens (tertiary/aromatic N) is 3. The van der Waals surface area contributed by atoms with Crippen molar-refractivity contribution in [1.29, 1.82) is 0 Å². The van der Waals surface area contributed by atoms with E-state index in [1.807, 2.05) is 6.92 Å². The van der Waals surface area contributed by atoms with Crippen molar-refractivity contribution in [1.82, 2.24) is 15.3 Å². The second-order valence-electron chi connectivity index (χ2n) is 6.22. The van der Waals surface area contributed by atoms with Crippen LogP contribution in [0.25, 0.3) is 0 Å². The van der Waals surface area contributed by atoms with Gasteiger partial charge in [-0.1, -0.05) is 6.92 Å². The minimum Gasteiger partial charge on any atom is -0.354 e. The Bertz CT molecular complexity index is 475. The summed E-state index contributed by atoms with van der Waals surface area (Å²) in [4.78, 5) is 10.3. The molecule has 3 heterocycles. The fourth-order valence-corrected chi connectivity index (χ4v) is 3.76. The SMILES string of the molecule is CCc1ncnc(N2CCC(C3CCNCC3)CC2)c1F.Cl.Cl. The lowest BCUT2D eigenvalue weighted by Crippen LogP contribution is -2.40. The minimum atomic E-state index is -0.222. The average molecular weight is 365 g/mol. The van der Waals surface area contributed by atoms with Crippen LogP contribution in [0, 0.1) is 17.7 Å². The van der Waals surface area contributed by atoms with Gasteiger partial charge in [0.25, 0.3) is 0 Å². The maximum atomic E-state index is 14.3. The molecule has 3 rings (SSSR count). The van der Waals surface area contributed by atoms with Crippen LogP contribution in [0.2, 0.25) is 0 Å². The maximum Gasteiger partial charge on any atom is 0.187 e. The van der Waals surface area contributed by atoms with E-state index in [-0.39, 0.29) is 30.6 Å². The Morgan fingerprint density at radius 2 is 1.70 bits per heavy atom. The van der Waals surface area contributed by atoms with Crippen LogP contribution < -0.4 is 10.2 Å². The highest BCUT2D eigenvalue weighted by molar-refractivity contribution is 5.85. The first-order valence-electron chi connectivity index (χ1n) is 8.24. The second-order valence-corrected chi connectivity index (χ2v) is 6.22. The zero-order valence-corrected chi connectivity index (χ0v) is 15.3. The van der Waals surface area contributed by atoms with E-state index < -0.39 is 0 Å². The molecular weight excluding hydrogens is 338 g/mol. The molecule has 4 nitrogen and oxygen atoms in total. The van der Waals surface area contributed by atoms with Gasteiger partial charge in [-0.3, -0.25) is 0 Å². The summed E-state index contributed by atoms with van der Waals surface area (Å²) in [7, 11) is 0. The molecule has 2 aliphatic heterocycles. The van der Waals surface area contributed by atoms with Gasteiger partial charge >= 0.3 is 0 Å². The Balaban J connectivity index is 0.00000132. The zero-order valence-electron chi connectivity index (χ0n) is 13.6. The fraction of sp³-hybridized carbons (Fsp3) is 0.750. The van der Waals surface area contributed by atoms with Gasteiger partial charge in [0, 0.05) is 13.1 Å². The van der Waals surface area contributed by atoms with E-state index in [1.54, 1.807) is 0 Å². The lowest BCUT2D eigenvalue weighted by atomic mass is 9.79. The van der Waals surface area contributed by atoms with Gasteiger partial charge in [0.05, 0.1) is 5.69 Å². The first-order valence-corrected chi connectivity index (χ1v) is 8.24. The minimum absolute atomic E-state index is 0. The van der Waals surface area contributed by atoms with Gasteiger partial charge in [-0.25, -0.2) is 14.4 Å². The molecule has 0 saturated carbocycles. The number of aromatic nitrogens is 2. The Kier molecular flexibility index (Phi) is 8.51. The molecule has 23 heavy (non-hydrogen) atoms. The van der Waals surface area contributed by atoms with Crippen molar-refractivity contribution in [3.05, 3.63) is 17.8 Å². The molecule has 0 bridgehead atoms. The summed E-state index contributed by atoms with van der Waals surface area (Å²) >= 11 is 0. The number of hydrogen-bond acceptors (Lipinski definition) is 4. The molecule has 7 heteroatoms. The summed E-state index contributed by atoms with van der Waals surface area (Å²) in [5, 5.41) is 3.43. The summed E-state index contributed by atoms with van der Waals surface area (Å²) in [5.41, 5.74) is 0.528. The first-order chi connectivity index (χ1) is 10.3. The van der Waals surface area contributed by atoms with Crippen LogP contribution in [0.1, 0.15) is 38.3 Å². The standard InChI is InChI=1S/C16H25FN4.2ClH/c1-2-14-15(17)16(20-11-19-14)21-9-5-13(6-10-21)12-3-7-18-8-4-12;;/h11-13,18H,2-10H2,1H3;2*1H. The highest BCUT2D eigenvalue weighted by Gasteiger charge is 2.29. The average Bonchev–Trinajstić information content (AvgIpc) is 2.56. The largest absolute Gasteiger partial charge is 0.354 e. The molecule has 0 atom stereocenters. The topological polar surface area (TPSA) is 41.1 Å². The molecule has 0 aromatic carbocycles. The molecule has 2 saturated heterocycles. The molecular formula is C16H27Cl2FN4. The molecule has 132 valence electrons. The number of piperidine rings is 2. The molecule has 2 fully saturated rings. The number of nitrogens with one attached hydrogen (secondary N) is 1. The Morgan fingerprint density at radius 1 is 1.09 bits per heavy atom. The zero-order chi connectivity index (χ0) is 14.7. The van der Waals surface area contributed by atoms with Crippen molar-refractivity contribution in [2.24, 2.45) is 11.8 Å². The lowest BCUT2D eigenvalue weighted by molar-refractivity contribution is 0.221. The lowest BCUT2D eigenvalue weighted by Gasteiger charge is -2.38. The smallest absolute Gasteiger partial charge is 0.187 e. The molecule has 0 radical (unpaired) electrons. The Labute approximate surface area is 150 Å². The van der Waals surface area contributed by atoms with Crippen LogP contribution in [0.5, 0.6) is 0 Å². The van der Waals surface area contributed by atoms with E-state index in [9.17, 15) is 4.39 Å². The van der Waals surface area contributed by atoms with Gasteiger partial charge in [0.2, 0.25) is 0 Å². The number of aryl methyl sites for hydroxylation is 1. The van der Waals surface area contributed by atoms with Crippen molar-refractivity contribution in [2.45, 2.75) is 39.0 Å². The van der Waals surface area contributed by atoms with E-state index in [4.69, 9.17) is 0 Å². The van der Waals surface area contributed by atoms with E-state index in [0.717, 1.165) is 50.9 Å². The summed E-state index contributed by atoms with van der Waals surface area (Å²) in [5.74, 6) is 1.94. The van der Waals surface area contributed by atoms with Crippen LogP contribution in [-0.4, -0.2) is 36.1 Å². The Morgan fingerprint density at radius 3 is 2.30 bits per heavy atom. The molecule has 1 aromatic heterocycles. The quantitative estimate of drug-likeness (QED) is 0.893. The van der Waals surface area contributed by atoms with Crippen molar-refractivity contribution in [3.63, 3.8) is 0 Å². The van der Waals surface area contributed by atoms with Crippen LogP contribution in [-0.2, 0) is 6.42 Å². The highest BCUT2D eigenvalue weighted by atomic mass is 35.5.